The molecule has 0 fully saturated rings. The van der Waals surface area contributed by atoms with Crippen LogP contribution in [-0.4, -0.2) is 33.5 Å². The molecule has 4 rings (SSSR count). The molecule has 1 unspecified atom stereocenters. The molecule has 2 aromatic carbocycles. The third-order valence-corrected chi connectivity index (χ3v) is 5.27. The number of hydrogen-bond donors (Lipinski definition) is 2. The highest BCUT2D eigenvalue weighted by atomic mass is 19.1. The molecule has 0 saturated carbocycles. The molecule has 2 N–H and O–H groups in total. The summed E-state index contributed by atoms with van der Waals surface area (Å²) in [5.41, 5.74) is 3.25. The van der Waals surface area contributed by atoms with E-state index in [-0.39, 0.29) is 23.5 Å². The van der Waals surface area contributed by atoms with E-state index in [0.29, 0.717) is 18.1 Å². The molecule has 154 valence electrons. The highest BCUT2D eigenvalue weighted by Gasteiger charge is 2.27. The number of nitrogens with one attached hydrogen (secondary N) is 2. The number of hydrogen-bond acceptors (Lipinski definition) is 4. The van der Waals surface area contributed by atoms with Crippen LogP contribution >= 0.6 is 0 Å². The van der Waals surface area contributed by atoms with Crippen LogP contribution in [0.5, 0.6) is 0 Å². The van der Waals surface area contributed by atoms with Crippen LogP contribution in [0.25, 0.3) is 0 Å². The van der Waals surface area contributed by atoms with Gasteiger partial charge in [-0.25, -0.2) is 9.37 Å². The number of aromatic nitrogens is 3. The fourth-order valence-corrected chi connectivity index (χ4v) is 3.60. The molecule has 0 bridgehead atoms. The third kappa shape index (κ3) is 3.94. The molecule has 1 aliphatic rings. The lowest BCUT2D eigenvalue weighted by atomic mass is 9.93. The van der Waals surface area contributed by atoms with Crippen LogP contribution in [0.1, 0.15) is 46.8 Å². The van der Waals surface area contributed by atoms with Crippen molar-refractivity contribution >= 4 is 23.2 Å². The predicted molar refractivity (Wildman–Crippen MR) is 111 cm³/mol. The number of carbonyl (C=O) groups is 2. The van der Waals surface area contributed by atoms with Crippen molar-refractivity contribution < 1.29 is 14.0 Å². The highest BCUT2D eigenvalue weighted by Crippen LogP contribution is 2.31. The van der Waals surface area contributed by atoms with Gasteiger partial charge in [0.1, 0.15) is 11.6 Å². The fourth-order valence-electron chi connectivity index (χ4n) is 3.60. The molecule has 7 nitrogen and oxygen atoms in total. The Kier molecular flexibility index (Phi) is 5.31. The number of fused-ring (bicyclic) bond motifs is 1. The number of H-pyrrole nitrogens is 1. The Morgan fingerprint density at radius 2 is 1.97 bits per heavy atom. The molecule has 1 aliphatic heterocycles. The van der Waals surface area contributed by atoms with E-state index >= 15 is 0 Å². The van der Waals surface area contributed by atoms with Crippen LogP contribution < -0.4 is 10.2 Å². The van der Waals surface area contributed by atoms with Crippen LogP contribution in [0.3, 0.4) is 0 Å². The number of rotatable bonds is 4. The Hall–Kier alpha value is -3.55. The molecule has 30 heavy (non-hydrogen) atoms. The van der Waals surface area contributed by atoms with Gasteiger partial charge < -0.3 is 10.2 Å². The Morgan fingerprint density at radius 3 is 2.67 bits per heavy atom. The van der Waals surface area contributed by atoms with Gasteiger partial charge in [-0.15, -0.1) is 0 Å². The molecule has 2 heterocycles. The molecule has 0 radical (unpaired) electrons. The normalized spacial score (nSPS) is 14.2. The maximum atomic E-state index is 13.1. The zero-order valence-corrected chi connectivity index (χ0v) is 16.8. The molecule has 0 saturated heterocycles. The minimum absolute atomic E-state index is 0.178. The van der Waals surface area contributed by atoms with E-state index in [0.717, 1.165) is 29.7 Å². The average molecular weight is 407 g/mol. The van der Waals surface area contributed by atoms with Crippen molar-refractivity contribution in [3.05, 3.63) is 71.1 Å². The van der Waals surface area contributed by atoms with E-state index in [4.69, 9.17) is 0 Å². The van der Waals surface area contributed by atoms with E-state index in [1.165, 1.54) is 24.3 Å². The zero-order valence-electron chi connectivity index (χ0n) is 16.8. The van der Waals surface area contributed by atoms with Crippen molar-refractivity contribution in [2.24, 2.45) is 0 Å². The second kappa shape index (κ2) is 8.06. The van der Waals surface area contributed by atoms with E-state index < -0.39 is 5.92 Å². The monoisotopic (exact) mass is 407 g/mol. The first kappa shape index (κ1) is 19.8. The average Bonchev–Trinajstić information content (AvgIpc) is 3.19. The van der Waals surface area contributed by atoms with Gasteiger partial charge in [0.2, 0.25) is 11.7 Å². The van der Waals surface area contributed by atoms with Gasteiger partial charge in [-0.05, 0) is 68.1 Å². The summed E-state index contributed by atoms with van der Waals surface area (Å²) in [6.07, 6.45) is 1.65. The molecule has 3 aromatic rings. The molecule has 1 aromatic heterocycles. The third-order valence-electron chi connectivity index (χ3n) is 5.27. The van der Waals surface area contributed by atoms with Crippen molar-refractivity contribution in [3.63, 3.8) is 0 Å². The van der Waals surface area contributed by atoms with E-state index in [1.807, 2.05) is 25.1 Å². The standard InChI is InChI=1S/C22H22FN5O2/c1-13(21(29)25-18-8-6-17(23)7-9-18)15-5-10-19-16(12-15)4-3-11-28(19)22(30)20-24-14(2)26-27-20/h5-10,12-13H,3-4,11H2,1-2H3,(H,25,29)(H,24,26,27). The van der Waals surface area contributed by atoms with Crippen molar-refractivity contribution in [2.75, 3.05) is 16.8 Å². The Bertz CT molecular complexity index is 1090. The summed E-state index contributed by atoms with van der Waals surface area (Å²) in [5, 5.41) is 9.42. The first-order valence-corrected chi connectivity index (χ1v) is 9.82. The van der Waals surface area contributed by atoms with Gasteiger partial charge in [0.25, 0.3) is 5.91 Å². The Morgan fingerprint density at radius 1 is 1.20 bits per heavy atom. The summed E-state index contributed by atoms with van der Waals surface area (Å²) >= 11 is 0. The molecule has 1 atom stereocenters. The van der Waals surface area contributed by atoms with Crippen LogP contribution in [0, 0.1) is 12.7 Å². The second-order valence-corrected chi connectivity index (χ2v) is 7.40. The van der Waals surface area contributed by atoms with Crippen LogP contribution in [0.4, 0.5) is 15.8 Å². The number of anilines is 2. The van der Waals surface area contributed by atoms with Gasteiger partial charge in [0.15, 0.2) is 0 Å². The molecule has 0 spiro atoms. The number of halogens is 1. The van der Waals surface area contributed by atoms with Crippen LogP contribution in [-0.2, 0) is 11.2 Å². The molecular weight excluding hydrogens is 385 g/mol. The smallest absolute Gasteiger partial charge is 0.295 e. The lowest BCUT2D eigenvalue weighted by Crippen LogP contribution is -2.36. The summed E-state index contributed by atoms with van der Waals surface area (Å²) in [6.45, 7) is 4.15. The van der Waals surface area contributed by atoms with Crippen molar-refractivity contribution in [2.45, 2.75) is 32.6 Å². The number of aromatic amines is 1. The number of aryl methyl sites for hydroxylation is 2. The van der Waals surface area contributed by atoms with E-state index in [1.54, 1.807) is 11.8 Å². The largest absolute Gasteiger partial charge is 0.326 e. The SMILES string of the molecule is Cc1n[nH]c(C(=O)N2CCCc3cc(C(C)C(=O)Nc4ccc(F)cc4)ccc32)n1. The number of benzene rings is 2. The van der Waals surface area contributed by atoms with Crippen molar-refractivity contribution in [3.8, 4) is 0 Å². The van der Waals surface area contributed by atoms with Gasteiger partial charge in [-0.1, -0.05) is 12.1 Å². The molecule has 8 heteroatoms. The summed E-state index contributed by atoms with van der Waals surface area (Å²) in [4.78, 5) is 31.3. The van der Waals surface area contributed by atoms with Gasteiger partial charge in [0, 0.05) is 17.9 Å². The summed E-state index contributed by atoms with van der Waals surface area (Å²) in [6, 6.07) is 11.4. The van der Waals surface area contributed by atoms with Crippen molar-refractivity contribution in [1.82, 2.24) is 15.2 Å². The van der Waals surface area contributed by atoms with E-state index in [2.05, 4.69) is 20.5 Å². The minimum atomic E-state index is -0.400. The van der Waals surface area contributed by atoms with Gasteiger partial charge in [-0.3, -0.25) is 14.7 Å². The predicted octanol–water partition coefficient (Wildman–Crippen LogP) is 3.59. The first-order chi connectivity index (χ1) is 14.4. The van der Waals surface area contributed by atoms with E-state index in [9.17, 15) is 14.0 Å². The molecule has 0 aliphatic carbocycles. The quantitative estimate of drug-likeness (QED) is 0.692. The van der Waals surface area contributed by atoms with Gasteiger partial charge in [0.05, 0.1) is 5.92 Å². The Balaban J connectivity index is 1.53. The Labute approximate surface area is 173 Å². The molecular formula is C22H22FN5O2. The molecule has 2 amide bonds. The lowest BCUT2D eigenvalue weighted by Gasteiger charge is -2.29. The van der Waals surface area contributed by atoms with Crippen LogP contribution in [0.2, 0.25) is 0 Å². The van der Waals surface area contributed by atoms with Crippen molar-refractivity contribution in [1.29, 1.82) is 0 Å². The highest BCUT2D eigenvalue weighted by molar-refractivity contribution is 6.04. The fraction of sp³-hybridized carbons (Fsp3) is 0.273. The number of carbonyl (C=O) groups excluding carboxylic acids is 2. The summed E-state index contributed by atoms with van der Waals surface area (Å²) < 4.78 is 13.1. The number of amides is 2. The van der Waals surface area contributed by atoms with Gasteiger partial charge >= 0.3 is 0 Å². The van der Waals surface area contributed by atoms with Crippen LogP contribution in [0.15, 0.2) is 42.5 Å². The maximum Gasteiger partial charge on any atom is 0.295 e. The summed E-state index contributed by atoms with van der Waals surface area (Å²) in [5.74, 6) is -0.407. The second-order valence-electron chi connectivity index (χ2n) is 7.40. The topological polar surface area (TPSA) is 91.0 Å². The lowest BCUT2D eigenvalue weighted by molar-refractivity contribution is -0.117. The zero-order chi connectivity index (χ0) is 21.3. The number of nitrogens with zero attached hydrogens (tertiary/aromatic N) is 3. The minimum Gasteiger partial charge on any atom is -0.326 e. The summed E-state index contributed by atoms with van der Waals surface area (Å²) in [7, 11) is 0. The first-order valence-electron chi connectivity index (χ1n) is 9.82. The maximum absolute atomic E-state index is 13.1. The van der Waals surface area contributed by atoms with Gasteiger partial charge in [-0.2, -0.15) is 5.10 Å².